The van der Waals surface area contributed by atoms with Gasteiger partial charge in [0.1, 0.15) is 5.82 Å². The smallest absolute Gasteiger partial charge is 0.142 e. The highest BCUT2D eigenvalue weighted by atomic mass is 79.9. The lowest BCUT2D eigenvalue weighted by Gasteiger charge is -2.16. The molecule has 2 N–H and O–H groups in total. The van der Waals surface area contributed by atoms with E-state index in [1.165, 1.54) is 12.1 Å². The fourth-order valence-corrected chi connectivity index (χ4v) is 2.56. The fraction of sp³-hybridized carbons (Fsp3) is 0.308. The summed E-state index contributed by atoms with van der Waals surface area (Å²) in [4.78, 5) is 0. The van der Waals surface area contributed by atoms with E-state index in [0.717, 1.165) is 10.2 Å². The number of hydrogen-bond acceptors (Lipinski definition) is 3. The second-order valence-electron chi connectivity index (χ2n) is 4.24. The van der Waals surface area contributed by atoms with Crippen molar-refractivity contribution < 1.29 is 9.13 Å². The molecule has 108 valence electrons. The molecule has 20 heavy (non-hydrogen) atoms. The van der Waals surface area contributed by atoms with Gasteiger partial charge in [0, 0.05) is 7.11 Å². The molecule has 0 saturated heterocycles. The van der Waals surface area contributed by atoms with Crippen molar-refractivity contribution in [2.75, 3.05) is 13.7 Å². The molecule has 1 aromatic carbocycles. The van der Waals surface area contributed by atoms with Gasteiger partial charge in [0.15, 0.2) is 0 Å². The Kier molecular flexibility index (Phi) is 5.15. The predicted octanol–water partition coefficient (Wildman–Crippen LogP) is 3.13. The topological polar surface area (TPSA) is 53.1 Å². The summed E-state index contributed by atoms with van der Waals surface area (Å²) in [5, 5.41) is 4.31. The minimum Gasteiger partial charge on any atom is -0.383 e. The molecule has 0 bridgehead atoms. The number of ether oxygens (including phenoxy) is 1. The van der Waals surface area contributed by atoms with Gasteiger partial charge in [0.05, 0.1) is 40.6 Å². The van der Waals surface area contributed by atoms with Gasteiger partial charge in [-0.2, -0.15) is 5.10 Å². The zero-order valence-corrected chi connectivity index (χ0v) is 13.2. The number of rotatable bonds is 5. The summed E-state index contributed by atoms with van der Waals surface area (Å²) in [6, 6.07) is 4.04. The van der Waals surface area contributed by atoms with Crippen molar-refractivity contribution in [1.29, 1.82) is 0 Å². The van der Waals surface area contributed by atoms with Gasteiger partial charge in [0.2, 0.25) is 0 Å². The summed E-state index contributed by atoms with van der Waals surface area (Å²) < 4.78 is 21.1. The van der Waals surface area contributed by atoms with Crippen molar-refractivity contribution in [2.24, 2.45) is 5.73 Å². The number of hydrogen-bond donors (Lipinski definition) is 1. The average Bonchev–Trinajstić information content (AvgIpc) is 2.80. The Morgan fingerprint density at radius 2 is 2.30 bits per heavy atom. The van der Waals surface area contributed by atoms with E-state index in [1.807, 2.05) is 0 Å². The molecular formula is C13H14BrClFN3O. The van der Waals surface area contributed by atoms with Crippen LogP contribution in [0, 0.1) is 5.82 Å². The van der Waals surface area contributed by atoms with Gasteiger partial charge in [0.25, 0.3) is 0 Å². The molecule has 1 aromatic heterocycles. The lowest BCUT2D eigenvalue weighted by Crippen LogP contribution is -2.19. The highest BCUT2D eigenvalue weighted by Gasteiger charge is 2.19. The monoisotopic (exact) mass is 361 g/mol. The second-order valence-corrected chi connectivity index (χ2v) is 5.51. The van der Waals surface area contributed by atoms with Crippen LogP contribution in [-0.2, 0) is 11.3 Å². The van der Waals surface area contributed by atoms with Crippen molar-refractivity contribution in [1.82, 2.24) is 9.78 Å². The van der Waals surface area contributed by atoms with Crippen molar-refractivity contribution in [3.63, 3.8) is 0 Å². The minimum atomic E-state index is -0.504. The zero-order chi connectivity index (χ0) is 14.7. The normalized spacial score (nSPS) is 12.7. The Bertz CT molecular complexity index is 605. The summed E-state index contributed by atoms with van der Waals surface area (Å²) in [7, 11) is 1.62. The molecule has 0 saturated carbocycles. The molecule has 7 heteroatoms. The zero-order valence-electron chi connectivity index (χ0n) is 10.8. The van der Waals surface area contributed by atoms with Gasteiger partial charge in [-0.05, 0) is 33.6 Å². The number of methoxy groups -OCH3 is 1. The number of aromatic nitrogens is 2. The van der Waals surface area contributed by atoms with E-state index in [4.69, 9.17) is 22.1 Å². The fourth-order valence-electron chi connectivity index (χ4n) is 1.90. The second kappa shape index (κ2) is 6.67. The van der Waals surface area contributed by atoms with E-state index >= 15 is 0 Å². The van der Waals surface area contributed by atoms with E-state index in [1.54, 1.807) is 24.1 Å². The van der Waals surface area contributed by atoms with Crippen LogP contribution in [-0.4, -0.2) is 23.5 Å². The summed E-state index contributed by atoms with van der Waals surface area (Å²) in [5.41, 5.74) is 7.61. The van der Waals surface area contributed by atoms with Crippen LogP contribution in [0.15, 0.2) is 28.9 Å². The SMILES string of the molecule is COCCn1ncc(Br)c1C(N)c1ccc(Cl)c(F)c1. The molecule has 0 aliphatic heterocycles. The Labute approximate surface area is 129 Å². The molecule has 1 heterocycles. The molecular weight excluding hydrogens is 349 g/mol. The molecule has 0 aliphatic rings. The summed E-state index contributed by atoms with van der Waals surface area (Å²) in [5.74, 6) is -0.487. The van der Waals surface area contributed by atoms with Crippen molar-refractivity contribution >= 4 is 27.5 Å². The van der Waals surface area contributed by atoms with Gasteiger partial charge in [-0.25, -0.2) is 4.39 Å². The van der Waals surface area contributed by atoms with Crippen LogP contribution >= 0.6 is 27.5 Å². The highest BCUT2D eigenvalue weighted by molar-refractivity contribution is 9.10. The lowest BCUT2D eigenvalue weighted by molar-refractivity contribution is 0.182. The van der Waals surface area contributed by atoms with E-state index < -0.39 is 11.9 Å². The highest BCUT2D eigenvalue weighted by Crippen LogP contribution is 2.28. The van der Waals surface area contributed by atoms with Crippen LogP contribution in [0.4, 0.5) is 4.39 Å². The van der Waals surface area contributed by atoms with Gasteiger partial charge in [-0.1, -0.05) is 17.7 Å². The Morgan fingerprint density at radius 1 is 1.55 bits per heavy atom. The van der Waals surface area contributed by atoms with Crippen LogP contribution < -0.4 is 5.73 Å². The number of nitrogens with two attached hydrogens (primary N) is 1. The number of nitrogens with zero attached hydrogens (tertiary/aromatic N) is 2. The Balaban J connectivity index is 2.34. The first-order valence-electron chi connectivity index (χ1n) is 5.95. The predicted molar refractivity (Wildman–Crippen MR) is 79.2 cm³/mol. The third kappa shape index (κ3) is 3.20. The standard InChI is InChI=1S/C13H14BrClFN3O/c1-20-5-4-19-13(9(14)7-18-19)12(17)8-2-3-10(15)11(16)6-8/h2-3,6-7,12H,4-5,17H2,1H3. The molecule has 0 fully saturated rings. The summed E-state index contributed by atoms with van der Waals surface area (Å²) in [6.07, 6.45) is 1.66. The maximum atomic E-state index is 13.5. The average molecular weight is 363 g/mol. The van der Waals surface area contributed by atoms with Crippen molar-refractivity contribution in [2.45, 2.75) is 12.6 Å². The molecule has 0 radical (unpaired) electrons. The third-order valence-corrected chi connectivity index (χ3v) is 3.86. The lowest BCUT2D eigenvalue weighted by atomic mass is 10.0. The van der Waals surface area contributed by atoms with Crippen LogP contribution in [0.3, 0.4) is 0 Å². The van der Waals surface area contributed by atoms with E-state index in [0.29, 0.717) is 18.7 Å². The van der Waals surface area contributed by atoms with Crippen LogP contribution in [0.1, 0.15) is 17.3 Å². The van der Waals surface area contributed by atoms with Crippen LogP contribution in [0.2, 0.25) is 5.02 Å². The van der Waals surface area contributed by atoms with Gasteiger partial charge in [-0.15, -0.1) is 0 Å². The number of benzene rings is 1. The van der Waals surface area contributed by atoms with Crippen molar-refractivity contribution in [3.05, 3.63) is 51.0 Å². The Hall–Kier alpha value is -0.950. The maximum absolute atomic E-state index is 13.5. The van der Waals surface area contributed by atoms with E-state index in [9.17, 15) is 4.39 Å². The van der Waals surface area contributed by atoms with E-state index in [2.05, 4.69) is 21.0 Å². The van der Waals surface area contributed by atoms with Crippen LogP contribution in [0.25, 0.3) is 0 Å². The molecule has 2 aromatic rings. The molecule has 1 atom stereocenters. The van der Waals surface area contributed by atoms with Gasteiger partial charge < -0.3 is 10.5 Å². The molecule has 0 amide bonds. The number of halogens is 3. The molecule has 4 nitrogen and oxygen atoms in total. The Morgan fingerprint density at radius 3 is 2.95 bits per heavy atom. The van der Waals surface area contributed by atoms with Gasteiger partial charge >= 0.3 is 0 Å². The first-order valence-corrected chi connectivity index (χ1v) is 7.12. The maximum Gasteiger partial charge on any atom is 0.142 e. The first kappa shape index (κ1) is 15.4. The third-order valence-electron chi connectivity index (χ3n) is 2.94. The molecule has 2 rings (SSSR count). The molecule has 0 aliphatic carbocycles. The minimum absolute atomic E-state index is 0.0768. The van der Waals surface area contributed by atoms with Crippen LogP contribution in [0.5, 0.6) is 0 Å². The van der Waals surface area contributed by atoms with Crippen molar-refractivity contribution in [3.8, 4) is 0 Å². The molecule has 0 spiro atoms. The summed E-state index contributed by atoms with van der Waals surface area (Å²) >= 11 is 9.10. The molecule has 1 unspecified atom stereocenters. The quantitative estimate of drug-likeness (QED) is 0.889. The first-order chi connectivity index (χ1) is 9.54. The largest absolute Gasteiger partial charge is 0.383 e. The summed E-state index contributed by atoms with van der Waals surface area (Å²) in [6.45, 7) is 1.09. The van der Waals surface area contributed by atoms with E-state index in [-0.39, 0.29) is 5.02 Å². The van der Waals surface area contributed by atoms with Gasteiger partial charge in [-0.3, -0.25) is 4.68 Å².